The predicted molar refractivity (Wildman–Crippen MR) is 46.3 cm³/mol. The van der Waals surface area contributed by atoms with Crippen LogP contribution < -0.4 is 5.32 Å². The Morgan fingerprint density at radius 1 is 1.55 bits per heavy atom. The average molecular weight is 182 g/mol. The molecule has 1 rings (SSSR count). The number of halogens is 1. The highest BCUT2D eigenvalue weighted by Gasteiger charge is 2.17. The van der Waals surface area contributed by atoms with Crippen LogP contribution in [0.4, 0.5) is 0 Å². The lowest BCUT2D eigenvalue weighted by atomic mass is 10.2. The van der Waals surface area contributed by atoms with E-state index in [2.05, 4.69) is 12.2 Å². The third-order valence-corrected chi connectivity index (χ3v) is 1.58. The molecule has 1 fully saturated rings. The zero-order valence-electron chi connectivity index (χ0n) is 7.00. The lowest BCUT2D eigenvalue weighted by molar-refractivity contribution is -0.0602. The first-order valence-electron chi connectivity index (χ1n) is 3.68. The maximum atomic E-state index is 5.54. The summed E-state index contributed by atoms with van der Waals surface area (Å²) in [6, 6.07) is 0. The van der Waals surface area contributed by atoms with Crippen LogP contribution in [0.3, 0.4) is 0 Å². The summed E-state index contributed by atoms with van der Waals surface area (Å²) in [4.78, 5) is 0. The molecule has 3 nitrogen and oxygen atoms in total. The molecule has 0 amide bonds. The molecular formula is C7H16ClNO2. The molecule has 0 aromatic carbocycles. The van der Waals surface area contributed by atoms with Gasteiger partial charge in [0.15, 0.2) is 0 Å². The van der Waals surface area contributed by atoms with Crippen molar-refractivity contribution in [3.63, 3.8) is 0 Å². The number of methoxy groups -OCH3 is 1. The Bertz CT molecular complexity index is 100. The second-order valence-corrected chi connectivity index (χ2v) is 2.68. The fourth-order valence-corrected chi connectivity index (χ4v) is 1.16. The number of rotatable bonds is 2. The molecule has 0 saturated carbocycles. The van der Waals surface area contributed by atoms with Gasteiger partial charge in [0.1, 0.15) is 0 Å². The summed E-state index contributed by atoms with van der Waals surface area (Å²) in [7, 11) is 1.70. The molecule has 1 aliphatic heterocycles. The van der Waals surface area contributed by atoms with Crippen molar-refractivity contribution in [2.45, 2.75) is 19.1 Å². The van der Waals surface area contributed by atoms with Crippen molar-refractivity contribution >= 4 is 12.4 Å². The normalized spacial score (nSPS) is 31.1. The lowest BCUT2D eigenvalue weighted by Gasteiger charge is -2.27. The number of morpholine rings is 1. The van der Waals surface area contributed by atoms with E-state index >= 15 is 0 Å². The van der Waals surface area contributed by atoms with E-state index in [0.717, 1.165) is 13.1 Å². The van der Waals surface area contributed by atoms with Crippen LogP contribution in [0.5, 0.6) is 0 Å². The number of ether oxygens (including phenoxy) is 2. The van der Waals surface area contributed by atoms with Gasteiger partial charge in [-0.15, -0.1) is 12.4 Å². The van der Waals surface area contributed by atoms with Gasteiger partial charge in [-0.25, -0.2) is 0 Å². The quantitative estimate of drug-likeness (QED) is 0.671. The van der Waals surface area contributed by atoms with Crippen LogP contribution in [-0.2, 0) is 9.47 Å². The maximum Gasteiger partial charge on any atom is 0.0936 e. The molecule has 11 heavy (non-hydrogen) atoms. The third-order valence-electron chi connectivity index (χ3n) is 1.58. The van der Waals surface area contributed by atoms with Crippen molar-refractivity contribution in [2.24, 2.45) is 0 Å². The lowest BCUT2D eigenvalue weighted by Crippen LogP contribution is -2.45. The summed E-state index contributed by atoms with van der Waals surface area (Å²) in [5, 5.41) is 3.26. The molecule has 1 N–H and O–H groups in total. The SMILES string of the molecule is COCC1CNC[C@@H](C)O1.Cl. The van der Waals surface area contributed by atoms with E-state index in [-0.39, 0.29) is 18.5 Å². The summed E-state index contributed by atoms with van der Waals surface area (Å²) in [6.45, 7) is 4.63. The van der Waals surface area contributed by atoms with E-state index < -0.39 is 0 Å². The Labute approximate surface area is 73.9 Å². The van der Waals surface area contributed by atoms with Gasteiger partial charge in [-0.3, -0.25) is 0 Å². The van der Waals surface area contributed by atoms with Gasteiger partial charge in [-0.1, -0.05) is 0 Å². The van der Waals surface area contributed by atoms with Crippen LogP contribution in [0, 0.1) is 0 Å². The zero-order valence-corrected chi connectivity index (χ0v) is 7.82. The molecule has 0 spiro atoms. The fourth-order valence-electron chi connectivity index (χ4n) is 1.16. The molecule has 4 heteroatoms. The summed E-state index contributed by atoms with van der Waals surface area (Å²) in [5.74, 6) is 0. The Balaban J connectivity index is 0.000001000. The molecular weight excluding hydrogens is 166 g/mol. The van der Waals surface area contributed by atoms with Crippen molar-refractivity contribution < 1.29 is 9.47 Å². The van der Waals surface area contributed by atoms with Gasteiger partial charge in [0.2, 0.25) is 0 Å². The first kappa shape index (κ1) is 11.2. The summed E-state index contributed by atoms with van der Waals surface area (Å²) >= 11 is 0. The standard InChI is InChI=1S/C7H15NO2.ClH/c1-6-3-8-4-7(10-6)5-9-2;/h6-8H,3-5H2,1-2H3;1H/t6-,7?;/m1./s1. The summed E-state index contributed by atoms with van der Waals surface area (Å²) in [5.41, 5.74) is 0. The second kappa shape index (κ2) is 5.77. The van der Waals surface area contributed by atoms with Crippen molar-refractivity contribution in [2.75, 3.05) is 26.8 Å². The Morgan fingerprint density at radius 3 is 2.82 bits per heavy atom. The Hall–Kier alpha value is 0.170. The monoisotopic (exact) mass is 181 g/mol. The van der Waals surface area contributed by atoms with E-state index in [0.29, 0.717) is 12.7 Å². The minimum atomic E-state index is 0. The van der Waals surface area contributed by atoms with Crippen molar-refractivity contribution in [3.05, 3.63) is 0 Å². The summed E-state index contributed by atoms with van der Waals surface area (Å²) in [6.07, 6.45) is 0.572. The van der Waals surface area contributed by atoms with Gasteiger partial charge in [-0.05, 0) is 6.92 Å². The highest BCUT2D eigenvalue weighted by Crippen LogP contribution is 2.02. The van der Waals surface area contributed by atoms with Crippen molar-refractivity contribution in [1.82, 2.24) is 5.32 Å². The highest BCUT2D eigenvalue weighted by atomic mass is 35.5. The minimum Gasteiger partial charge on any atom is -0.382 e. The zero-order chi connectivity index (χ0) is 7.40. The van der Waals surface area contributed by atoms with Gasteiger partial charge in [0, 0.05) is 20.2 Å². The van der Waals surface area contributed by atoms with E-state index in [1.54, 1.807) is 7.11 Å². The molecule has 1 aliphatic rings. The largest absolute Gasteiger partial charge is 0.382 e. The van der Waals surface area contributed by atoms with E-state index in [1.807, 2.05) is 0 Å². The second-order valence-electron chi connectivity index (χ2n) is 2.68. The molecule has 0 bridgehead atoms. The molecule has 2 atom stereocenters. The first-order valence-corrected chi connectivity index (χ1v) is 3.68. The fraction of sp³-hybridized carbons (Fsp3) is 1.00. The van der Waals surface area contributed by atoms with E-state index in [4.69, 9.17) is 9.47 Å². The topological polar surface area (TPSA) is 30.5 Å². The molecule has 0 aromatic heterocycles. The molecule has 1 saturated heterocycles. The van der Waals surface area contributed by atoms with Gasteiger partial charge in [-0.2, -0.15) is 0 Å². The van der Waals surface area contributed by atoms with Gasteiger partial charge < -0.3 is 14.8 Å². The molecule has 1 unspecified atom stereocenters. The predicted octanol–water partition coefficient (Wildman–Crippen LogP) is 0.432. The molecule has 0 radical (unpaired) electrons. The van der Waals surface area contributed by atoms with E-state index in [9.17, 15) is 0 Å². The van der Waals surface area contributed by atoms with Crippen LogP contribution in [0.15, 0.2) is 0 Å². The van der Waals surface area contributed by atoms with Crippen LogP contribution in [-0.4, -0.2) is 39.0 Å². The van der Waals surface area contributed by atoms with Crippen LogP contribution in [0.1, 0.15) is 6.92 Å². The number of hydrogen-bond donors (Lipinski definition) is 1. The smallest absolute Gasteiger partial charge is 0.0936 e. The highest BCUT2D eigenvalue weighted by molar-refractivity contribution is 5.85. The van der Waals surface area contributed by atoms with Gasteiger partial charge in [0.05, 0.1) is 18.8 Å². The van der Waals surface area contributed by atoms with Crippen LogP contribution in [0.25, 0.3) is 0 Å². The summed E-state index contributed by atoms with van der Waals surface area (Å²) < 4.78 is 10.5. The number of nitrogens with one attached hydrogen (secondary N) is 1. The third kappa shape index (κ3) is 3.91. The molecule has 0 aliphatic carbocycles. The first-order chi connectivity index (χ1) is 4.83. The average Bonchev–Trinajstić information content (AvgIpc) is 1.88. The number of hydrogen-bond acceptors (Lipinski definition) is 3. The molecule has 68 valence electrons. The minimum absolute atomic E-state index is 0. The van der Waals surface area contributed by atoms with E-state index in [1.165, 1.54) is 0 Å². The molecule has 1 heterocycles. The molecule has 0 aromatic rings. The van der Waals surface area contributed by atoms with Crippen LogP contribution >= 0.6 is 12.4 Å². The van der Waals surface area contributed by atoms with Crippen LogP contribution in [0.2, 0.25) is 0 Å². The van der Waals surface area contributed by atoms with Crippen molar-refractivity contribution in [3.8, 4) is 0 Å². The van der Waals surface area contributed by atoms with Crippen molar-refractivity contribution in [1.29, 1.82) is 0 Å². The maximum absolute atomic E-state index is 5.54. The van der Waals surface area contributed by atoms with Gasteiger partial charge in [0.25, 0.3) is 0 Å². The Kier molecular flexibility index (Phi) is 5.86. The van der Waals surface area contributed by atoms with Gasteiger partial charge >= 0.3 is 0 Å². The Morgan fingerprint density at radius 2 is 2.27 bits per heavy atom.